The highest BCUT2D eigenvalue weighted by Crippen LogP contribution is 2.30. The average Bonchev–Trinajstić information content (AvgIpc) is 2.41. The van der Waals surface area contributed by atoms with E-state index in [-0.39, 0.29) is 11.9 Å². The number of nitrogen functional groups attached to an aromatic ring is 1. The summed E-state index contributed by atoms with van der Waals surface area (Å²) in [5, 5.41) is 3.99. The molecule has 1 unspecified atom stereocenters. The number of nitrogens with zero attached hydrogens (tertiary/aromatic N) is 1. The fraction of sp³-hybridized carbons (Fsp3) is 0.357. The van der Waals surface area contributed by atoms with Crippen LogP contribution in [0, 0.1) is 5.82 Å². The molecule has 1 heterocycles. The highest BCUT2D eigenvalue weighted by Gasteiger charge is 2.13. The van der Waals surface area contributed by atoms with E-state index in [2.05, 4.69) is 16.6 Å². The first kappa shape index (κ1) is 13.9. The minimum Gasteiger partial charge on any atom is -0.398 e. The number of anilines is 2. The summed E-state index contributed by atoms with van der Waals surface area (Å²) in [6.07, 6.45) is 4.69. The van der Waals surface area contributed by atoms with Gasteiger partial charge in [0.05, 0.1) is 11.2 Å². The highest BCUT2D eigenvalue weighted by molar-refractivity contribution is 7.98. The molecule has 1 aromatic heterocycles. The predicted octanol–water partition coefficient (Wildman–Crippen LogP) is 3.51. The predicted molar refractivity (Wildman–Crippen MR) is 82.2 cm³/mol. The van der Waals surface area contributed by atoms with Gasteiger partial charge >= 0.3 is 0 Å². The van der Waals surface area contributed by atoms with Gasteiger partial charge in [-0.3, -0.25) is 4.98 Å². The quantitative estimate of drug-likeness (QED) is 0.822. The molecular formula is C14H18FN3S. The Morgan fingerprint density at radius 3 is 3.05 bits per heavy atom. The van der Waals surface area contributed by atoms with Crippen molar-refractivity contribution in [3.8, 4) is 0 Å². The van der Waals surface area contributed by atoms with E-state index in [0.717, 1.165) is 17.6 Å². The third-order valence-corrected chi connectivity index (χ3v) is 3.67. The number of benzene rings is 1. The largest absolute Gasteiger partial charge is 0.398 e. The molecule has 1 aromatic carbocycles. The molecule has 0 radical (unpaired) electrons. The summed E-state index contributed by atoms with van der Waals surface area (Å²) in [7, 11) is 0. The number of hydrogen-bond donors (Lipinski definition) is 2. The molecule has 1 atom stereocenters. The second-order valence-electron chi connectivity index (χ2n) is 4.55. The Morgan fingerprint density at radius 1 is 1.53 bits per heavy atom. The van der Waals surface area contributed by atoms with E-state index in [1.54, 1.807) is 24.0 Å². The minimum absolute atomic E-state index is 0.191. The zero-order valence-electron chi connectivity index (χ0n) is 11.1. The van der Waals surface area contributed by atoms with Crippen LogP contribution in [0.3, 0.4) is 0 Å². The molecule has 0 aliphatic heterocycles. The average molecular weight is 279 g/mol. The highest BCUT2D eigenvalue weighted by atomic mass is 32.2. The number of nitrogens with one attached hydrogen (secondary N) is 1. The van der Waals surface area contributed by atoms with Crippen molar-refractivity contribution in [2.24, 2.45) is 0 Å². The van der Waals surface area contributed by atoms with Crippen molar-refractivity contribution in [1.29, 1.82) is 0 Å². The van der Waals surface area contributed by atoms with Gasteiger partial charge in [-0.25, -0.2) is 4.39 Å². The molecule has 3 N–H and O–H groups in total. The fourth-order valence-corrected chi connectivity index (χ4v) is 2.58. The Kier molecular flexibility index (Phi) is 4.47. The lowest BCUT2D eigenvalue weighted by atomic mass is 10.1. The number of nitrogens with two attached hydrogens (primary N) is 1. The van der Waals surface area contributed by atoms with Crippen molar-refractivity contribution < 1.29 is 4.39 Å². The normalized spacial score (nSPS) is 12.6. The van der Waals surface area contributed by atoms with Gasteiger partial charge in [0.15, 0.2) is 5.82 Å². The van der Waals surface area contributed by atoms with E-state index in [9.17, 15) is 4.39 Å². The molecule has 5 heteroatoms. The first-order valence-electron chi connectivity index (χ1n) is 6.21. The van der Waals surface area contributed by atoms with Crippen LogP contribution in [0.25, 0.3) is 10.9 Å². The summed E-state index contributed by atoms with van der Waals surface area (Å²) < 4.78 is 14.1. The van der Waals surface area contributed by atoms with Crippen LogP contribution in [0.15, 0.2) is 24.4 Å². The Morgan fingerprint density at radius 2 is 2.32 bits per heavy atom. The number of pyridine rings is 1. The number of halogens is 1. The van der Waals surface area contributed by atoms with E-state index in [0.29, 0.717) is 16.9 Å². The molecule has 19 heavy (non-hydrogen) atoms. The van der Waals surface area contributed by atoms with Crippen LogP contribution in [0.4, 0.5) is 15.8 Å². The third-order valence-electron chi connectivity index (χ3n) is 3.02. The molecule has 3 nitrogen and oxygen atoms in total. The summed E-state index contributed by atoms with van der Waals surface area (Å²) in [5.74, 6) is 0.690. The Labute approximate surface area is 116 Å². The summed E-state index contributed by atoms with van der Waals surface area (Å²) in [5.41, 5.74) is 7.28. The zero-order chi connectivity index (χ0) is 13.8. The summed E-state index contributed by atoms with van der Waals surface area (Å²) >= 11 is 1.78. The molecule has 0 aliphatic carbocycles. The van der Waals surface area contributed by atoms with Crippen LogP contribution in [-0.4, -0.2) is 23.0 Å². The molecule has 0 spiro atoms. The molecule has 102 valence electrons. The van der Waals surface area contributed by atoms with Crippen molar-refractivity contribution in [2.45, 2.75) is 19.4 Å². The van der Waals surface area contributed by atoms with Gasteiger partial charge in [0.1, 0.15) is 0 Å². The molecule has 2 rings (SSSR count). The molecule has 0 aliphatic rings. The van der Waals surface area contributed by atoms with Gasteiger partial charge in [0, 0.05) is 23.3 Å². The monoisotopic (exact) mass is 279 g/mol. The van der Waals surface area contributed by atoms with Gasteiger partial charge in [-0.15, -0.1) is 0 Å². The molecule has 0 saturated heterocycles. The van der Waals surface area contributed by atoms with E-state index in [4.69, 9.17) is 5.73 Å². The number of hydrogen-bond acceptors (Lipinski definition) is 4. The van der Waals surface area contributed by atoms with Gasteiger partial charge in [0.25, 0.3) is 0 Å². The van der Waals surface area contributed by atoms with Gasteiger partial charge in [-0.05, 0) is 43.6 Å². The van der Waals surface area contributed by atoms with Crippen LogP contribution >= 0.6 is 11.8 Å². The number of thioether (sulfide) groups is 1. The lowest BCUT2D eigenvalue weighted by molar-refractivity contribution is 0.627. The van der Waals surface area contributed by atoms with E-state index in [1.807, 2.05) is 13.0 Å². The number of rotatable bonds is 5. The Hall–Kier alpha value is -1.49. The van der Waals surface area contributed by atoms with Crippen LogP contribution < -0.4 is 11.1 Å². The van der Waals surface area contributed by atoms with Crippen LogP contribution in [-0.2, 0) is 0 Å². The Bertz CT molecular complexity index is 574. The third kappa shape index (κ3) is 3.10. The molecule has 0 saturated carbocycles. The van der Waals surface area contributed by atoms with Crippen LogP contribution in [0.2, 0.25) is 0 Å². The van der Waals surface area contributed by atoms with Crippen molar-refractivity contribution in [2.75, 3.05) is 23.1 Å². The molecule has 0 fully saturated rings. The minimum atomic E-state index is -0.347. The van der Waals surface area contributed by atoms with Gasteiger partial charge in [0.2, 0.25) is 0 Å². The topological polar surface area (TPSA) is 50.9 Å². The first-order chi connectivity index (χ1) is 9.13. The van der Waals surface area contributed by atoms with E-state index in [1.165, 1.54) is 6.07 Å². The lowest BCUT2D eigenvalue weighted by Gasteiger charge is -2.17. The zero-order valence-corrected chi connectivity index (χ0v) is 11.9. The van der Waals surface area contributed by atoms with Gasteiger partial charge in [-0.1, -0.05) is 0 Å². The molecule has 0 amide bonds. The molecular weight excluding hydrogens is 261 g/mol. The second kappa shape index (κ2) is 6.10. The Balaban J connectivity index is 2.37. The van der Waals surface area contributed by atoms with Crippen molar-refractivity contribution >= 4 is 34.0 Å². The van der Waals surface area contributed by atoms with Gasteiger partial charge in [-0.2, -0.15) is 11.8 Å². The summed E-state index contributed by atoms with van der Waals surface area (Å²) in [4.78, 5) is 4.25. The fourth-order valence-electron chi connectivity index (χ4n) is 1.99. The van der Waals surface area contributed by atoms with Crippen molar-refractivity contribution in [3.05, 3.63) is 30.2 Å². The molecule has 2 aromatic rings. The number of fused-ring (bicyclic) bond motifs is 1. The summed E-state index contributed by atoms with van der Waals surface area (Å²) in [6, 6.07) is 5.20. The maximum atomic E-state index is 14.1. The van der Waals surface area contributed by atoms with Crippen molar-refractivity contribution in [1.82, 2.24) is 4.98 Å². The van der Waals surface area contributed by atoms with Crippen LogP contribution in [0.5, 0.6) is 0 Å². The van der Waals surface area contributed by atoms with E-state index < -0.39 is 0 Å². The first-order valence-corrected chi connectivity index (χ1v) is 7.61. The SMILES string of the molecule is CSCCC(C)Nc1c(F)cc(N)c2cccnc12. The second-order valence-corrected chi connectivity index (χ2v) is 5.53. The maximum absolute atomic E-state index is 14.1. The smallest absolute Gasteiger partial charge is 0.150 e. The maximum Gasteiger partial charge on any atom is 0.150 e. The number of aromatic nitrogens is 1. The van der Waals surface area contributed by atoms with Crippen LogP contribution in [0.1, 0.15) is 13.3 Å². The van der Waals surface area contributed by atoms with Gasteiger partial charge < -0.3 is 11.1 Å². The molecule has 0 bridgehead atoms. The summed E-state index contributed by atoms with van der Waals surface area (Å²) in [6.45, 7) is 2.04. The van der Waals surface area contributed by atoms with E-state index >= 15 is 0 Å². The lowest BCUT2D eigenvalue weighted by Crippen LogP contribution is -2.17. The standard InChI is InChI=1S/C14H18FN3S/c1-9(5-7-19-2)18-14-11(15)8-12(16)10-4-3-6-17-13(10)14/h3-4,6,8-9,18H,5,7,16H2,1-2H3. The van der Waals surface area contributed by atoms with Crippen molar-refractivity contribution in [3.63, 3.8) is 0 Å².